The van der Waals surface area contributed by atoms with Gasteiger partial charge in [0.05, 0.1) is 11.0 Å². The number of imidazole rings is 1. The summed E-state index contributed by atoms with van der Waals surface area (Å²) in [4.78, 5) is 33.4. The van der Waals surface area contributed by atoms with Gasteiger partial charge in [0.1, 0.15) is 5.82 Å². The lowest BCUT2D eigenvalue weighted by Crippen LogP contribution is -2.37. The fourth-order valence-electron chi connectivity index (χ4n) is 3.83. The van der Waals surface area contributed by atoms with Crippen LogP contribution < -0.4 is 0 Å². The maximum absolute atomic E-state index is 13.0. The molecule has 1 saturated carbocycles. The highest BCUT2D eigenvalue weighted by Gasteiger charge is 2.29. The number of carbonyl (C=O) groups is 2. The van der Waals surface area contributed by atoms with Gasteiger partial charge in [0.15, 0.2) is 0 Å². The minimum absolute atomic E-state index is 0.0383. The molecule has 0 radical (unpaired) electrons. The van der Waals surface area contributed by atoms with Gasteiger partial charge in [-0.15, -0.1) is 0 Å². The topological polar surface area (TPSA) is 58.4 Å². The molecule has 2 amide bonds. The molecule has 2 fully saturated rings. The Bertz CT molecular complexity index is 853. The first-order chi connectivity index (χ1) is 12.6. The zero-order chi connectivity index (χ0) is 18.3. The molecule has 6 heteroatoms. The summed E-state index contributed by atoms with van der Waals surface area (Å²) in [6, 6.07) is 5.83. The highest BCUT2D eigenvalue weighted by molar-refractivity contribution is 5.97. The van der Waals surface area contributed by atoms with Crippen molar-refractivity contribution in [3.63, 3.8) is 0 Å². The fraction of sp³-hybridized carbons (Fsp3) is 0.550. The summed E-state index contributed by atoms with van der Waals surface area (Å²) in [5.41, 5.74) is 2.67. The highest BCUT2D eigenvalue weighted by Crippen LogP contribution is 2.40. The van der Waals surface area contributed by atoms with E-state index in [0.717, 1.165) is 29.8 Å². The van der Waals surface area contributed by atoms with E-state index in [1.807, 2.05) is 34.9 Å². The van der Waals surface area contributed by atoms with Crippen molar-refractivity contribution < 1.29 is 9.59 Å². The number of hydrogen-bond acceptors (Lipinski definition) is 3. The Morgan fingerprint density at radius 2 is 1.85 bits per heavy atom. The first-order valence-electron chi connectivity index (χ1n) is 9.62. The predicted octanol–water partition coefficient (Wildman–Crippen LogP) is 2.54. The van der Waals surface area contributed by atoms with Gasteiger partial charge < -0.3 is 14.4 Å². The summed E-state index contributed by atoms with van der Waals surface area (Å²) in [6.45, 7) is 4.53. The smallest absolute Gasteiger partial charge is 0.253 e. The third-order valence-electron chi connectivity index (χ3n) is 5.54. The molecule has 2 aliphatic rings. The van der Waals surface area contributed by atoms with E-state index >= 15 is 0 Å². The van der Waals surface area contributed by atoms with Crippen molar-refractivity contribution in [2.75, 3.05) is 26.2 Å². The largest absolute Gasteiger partial charge is 0.341 e. The molecule has 26 heavy (non-hydrogen) atoms. The number of fused-ring (bicyclic) bond motifs is 1. The van der Waals surface area contributed by atoms with E-state index in [2.05, 4.69) is 11.6 Å². The Balaban J connectivity index is 1.53. The second-order valence-corrected chi connectivity index (χ2v) is 7.39. The first-order valence-corrected chi connectivity index (χ1v) is 9.62. The van der Waals surface area contributed by atoms with E-state index in [1.165, 1.54) is 12.8 Å². The van der Waals surface area contributed by atoms with Crippen LogP contribution in [0.15, 0.2) is 18.2 Å². The molecule has 0 N–H and O–H groups in total. The van der Waals surface area contributed by atoms with Crippen molar-refractivity contribution in [3.05, 3.63) is 29.6 Å². The molecule has 6 nitrogen and oxygen atoms in total. The van der Waals surface area contributed by atoms with Crippen LogP contribution in [-0.2, 0) is 11.8 Å². The molecule has 4 rings (SSSR count). The first kappa shape index (κ1) is 17.1. The van der Waals surface area contributed by atoms with Gasteiger partial charge in [0.2, 0.25) is 5.91 Å². The summed E-state index contributed by atoms with van der Waals surface area (Å²) < 4.78 is 2.15. The number of carbonyl (C=O) groups excluding carboxylic acids is 2. The number of benzene rings is 1. The van der Waals surface area contributed by atoms with Gasteiger partial charge >= 0.3 is 0 Å². The van der Waals surface area contributed by atoms with Crippen LogP contribution in [0, 0.1) is 0 Å². The van der Waals surface area contributed by atoms with E-state index in [4.69, 9.17) is 4.98 Å². The van der Waals surface area contributed by atoms with Gasteiger partial charge in [-0.1, -0.05) is 6.92 Å². The van der Waals surface area contributed by atoms with Gasteiger partial charge in [-0.25, -0.2) is 4.98 Å². The molecule has 2 aromatic rings. The van der Waals surface area contributed by atoms with E-state index < -0.39 is 0 Å². The van der Waals surface area contributed by atoms with Crippen LogP contribution in [0.3, 0.4) is 0 Å². The van der Waals surface area contributed by atoms with E-state index in [0.29, 0.717) is 37.5 Å². The monoisotopic (exact) mass is 354 g/mol. The number of rotatable bonds is 3. The number of amides is 2. The Labute approximate surface area is 153 Å². The average molecular weight is 354 g/mol. The zero-order valence-electron chi connectivity index (χ0n) is 15.6. The SMILES string of the molecule is CCC(=O)N1CCCN(C(=O)c2ccc3c(c2)nc(C2CC2)n3C)CC1. The Hall–Kier alpha value is -2.37. The van der Waals surface area contributed by atoms with Crippen molar-refractivity contribution in [3.8, 4) is 0 Å². The molecule has 2 heterocycles. The van der Waals surface area contributed by atoms with Crippen LogP contribution in [0.25, 0.3) is 11.0 Å². The van der Waals surface area contributed by atoms with Crippen LogP contribution in [0.1, 0.15) is 54.7 Å². The van der Waals surface area contributed by atoms with E-state index in [9.17, 15) is 9.59 Å². The van der Waals surface area contributed by atoms with Crippen molar-refractivity contribution in [2.45, 2.75) is 38.5 Å². The maximum Gasteiger partial charge on any atom is 0.253 e. The van der Waals surface area contributed by atoms with E-state index in [1.54, 1.807) is 0 Å². The van der Waals surface area contributed by atoms with Gasteiger partial charge in [0, 0.05) is 51.1 Å². The van der Waals surface area contributed by atoms with Gasteiger partial charge in [-0.05, 0) is 37.5 Å². The minimum Gasteiger partial charge on any atom is -0.341 e. The Morgan fingerprint density at radius 3 is 2.58 bits per heavy atom. The maximum atomic E-state index is 13.0. The standard InChI is InChI=1S/C20H26N4O2/c1-3-18(25)23-9-4-10-24(12-11-23)20(26)15-7-8-17-16(13-15)21-19(22(17)2)14-5-6-14/h7-8,13-14H,3-6,9-12H2,1-2H3. The predicted molar refractivity (Wildman–Crippen MR) is 100 cm³/mol. The van der Waals surface area contributed by atoms with Crippen molar-refractivity contribution >= 4 is 22.8 Å². The highest BCUT2D eigenvalue weighted by atomic mass is 16.2. The molecule has 0 atom stereocenters. The zero-order valence-corrected chi connectivity index (χ0v) is 15.6. The number of nitrogens with zero attached hydrogens (tertiary/aromatic N) is 4. The quantitative estimate of drug-likeness (QED) is 0.851. The molecule has 1 aliphatic heterocycles. The van der Waals surface area contributed by atoms with Crippen LogP contribution in [-0.4, -0.2) is 57.3 Å². The molecular formula is C20H26N4O2. The molecule has 138 valence electrons. The lowest BCUT2D eigenvalue weighted by Gasteiger charge is -2.22. The van der Waals surface area contributed by atoms with Crippen LogP contribution in [0.4, 0.5) is 0 Å². The summed E-state index contributed by atoms with van der Waals surface area (Å²) in [5.74, 6) is 1.92. The molecule has 1 aromatic carbocycles. The number of hydrogen-bond donors (Lipinski definition) is 0. The molecule has 0 bridgehead atoms. The molecule has 0 spiro atoms. The minimum atomic E-state index is 0.0383. The molecule has 1 saturated heterocycles. The van der Waals surface area contributed by atoms with Crippen molar-refractivity contribution in [1.29, 1.82) is 0 Å². The number of aryl methyl sites for hydroxylation is 1. The molecule has 1 aromatic heterocycles. The van der Waals surface area contributed by atoms with Gasteiger partial charge in [0.25, 0.3) is 5.91 Å². The summed E-state index contributed by atoms with van der Waals surface area (Å²) >= 11 is 0. The second kappa shape index (κ2) is 6.74. The van der Waals surface area contributed by atoms with Crippen LogP contribution >= 0.6 is 0 Å². The summed E-state index contributed by atoms with van der Waals surface area (Å²) in [5, 5.41) is 0. The lowest BCUT2D eigenvalue weighted by molar-refractivity contribution is -0.130. The van der Waals surface area contributed by atoms with Gasteiger partial charge in [-0.2, -0.15) is 0 Å². The lowest BCUT2D eigenvalue weighted by atomic mass is 10.1. The third-order valence-corrected chi connectivity index (χ3v) is 5.54. The van der Waals surface area contributed by atoms with Crippen molar-refractivity contribution in [2.24, 2.45) is 7.05 Å². The third kappa shape index (κ3) is 3.08. The average Bonchev–Trinajstić information content (AvgIpc) is 3.47. The Morgan fingerprint density at radius 1 is 1.12 bits per heavy atom. The van der Waals surface area contributed by atoms with E-state index in [-0.39, 0.29) is 11.8 Å². The van der Waals surface area contributed by atoms with Crippen molar-refractivity contribution in [1.82, 2.24) is 19.4 Å². The summed E-state index contributed by atoms with van der Waals surface area (Å²) in [6.07, 6.45) is 3.77. The Kier molecular flexibility index (Phi) is 4.42. The molecule has 0 unspecified atom stereocenters. The van der Waals surface area contributed by atoms with Crippen LogP contribution in [0.2, 0.25) is 0 Å². The van der Waals surface area contributed by atoms with Gasteiger partial charge in [-0.3, -0.25) is 9.59 Å². The second-order valence-electron chi connectivity index (χ2n) is 7.39. The summed E-state index contributed by atoms with van der Waals surface area (Å²) in [7, 11) is 2.05. The normalized spacial score (nSPS) is 18.2. The molecule has 1 aliphatic carbocycles. The number of aromatic nitrogens is 2. The fourth-order valence-corrected chi connectivity index (χ4v) is 3.83. The van der Waals surface area contributed by atoms with Crippen LogP contribution in [0.5, 0.6) is 0 Å². The molecular weight excluding hydrogens is 328 g/mol.